The molecule has 6 heteroatoms. The molecule has 1 amide bonds. The van der Waals surface area contributed by atoms with E-state index in [9.17, 15) is 13.6 Å². The minimum absolute atomic E-state index is 0.120. The molecule has 1 unspecified atom stereocenters. The van der Waals surface area contributed by atoms with Crippen molar-refractivity contribution in [2.45, 2.75) is 25.6 Å². The van der Waals surface area contributed by atoms with E-state index in [0.717, 1.165) is 27.6 Å². The zero-order valence-electron chi connectivity index (χ0n) is 18.3. The van der Waals surface area contributed by atoms with Crippen LogP contribution in [0.1, 0.15) is 29.5 Å². The highest BCUT2D eigenvalue weighted by Gasteiger charge is 2.36. The molecule has 33 heavy (non-hydrogen) atoms. The highest BCUT2D eigenvalue weighted by atomic mass is 19.1. The van der Waals surface area contributed by atoms with E-state index in [2.05, 4.69) is 0 Å². The van der Waals surface area contributed by atoms with Crippen LogP contribution in [-0.2, 0) is 6.54 Å². The van der Waals surface area contributed by atoms with Crippen LogP contribution in [0.5, 0.6) is 0 Å². The Kier molecular flexibility index (Phi) is 5.25. The molecule has 1 fully saturated rings. The summed E-state index contributed by atoms with van der Waals surface area (Å²) >= 11 is 0. The van der Waals surface area contributed by atoms with Crippen molar-refractivity contribution >= 4 is 16.9 Å². The molecule has 0 saturated carbocycles. The Hall–Kier alpha value is -3.51. The van der Waals surface area contributed by atoms with Gasteiger partial charge in [-0.25, -0.2) is 8.78 Å². The van der Waals surface area contributed by atoms with Gasteiger partial charge in [-0.1, -0.05) is 24.3 Å². The van der Waals surface area contributed by atoms with Crippen LogP contribution in [0.2, 0.25) is 0 Å². The highest BCUT2D eigenvalue weighted by Crippen LogP contribution is 2.36. The first-order valence-corrected chi connectivity index (χ1v) is 10.9. The number of furan rings is 1. The molecule has 0 radical (unpaired) electrons. The molecule has 2 N–H and O–H groups in total. The number of hydrogen-bond acceptors (Lipinski definition) is 3. The second kappa shape index (κ2) is 8.12. The number of hydrogen-bond donors (Lipinski definition) is 1. The van der Waals surface area contributed by atoms with Gasteiger partial charge in [0.05, 0.1) is 13.1 Å². The van der Waals surface area contributed by atoms with Crippen molar-refractivity contribution in [2.75, 3.05) is 13.1 Å². The van der Waals surface area contributed by atoms with Crippen LogP contribution >= 0.6 is 0 Å². The number of fused-ring (bicyclic) bond motifs is 1. The van der Waals surface area contributed by atoms with E-state index in [-0.39, 0.29) is 24.8 Å². The molecule has 168 valence electrons. The van der Waals surface area contributed by atoms with E-state index >= 15 is 0 Å². The summed E-state index contributed by atoms with van der Waals surface area (Å²) in [6, 6.07) is 19.5. The molecule has 3 aromatic carbocycles. The van der Waals surface area contributed by atoms with Crippen LogP contribution in [0.4, 0.5) is 8.78 Å². The number of likely N-dealkylation sites (tertiary alicyclic amines) is 1. The summed E-state index contributed by atoms with van der Waals surface area (Å²) in [6.07, 6.45) is 0.360. The quantitative estimate of drug-likeness (QED) is 0.422. The van der Waals surface area contributed by atoms with Gasteiger partial charge in [-0.05, 0) is 66.1 Å². The number of benzene rings is 3. The molecule has 1 aliphatic heterocycles. The average molecular weight is 446 g/mol. The molecule has 0 bridgehead atoms. The van der Waals surface area contributed by atoms with Crippen LogP contribution < -0.4 is 5.73 Å². The third kappa shape index (κ3) is 4.14. The summed E-state index contributed by atoms with van der Waals surface area (Å²) in [5.74, 6) is 0.198. The maximum Gasteiger partial charge on any atom is 0.253 e. The van der Waals surface area contributed by atoms with E-state index in [0.29, 0.717) is 29.9 Å². The van der Waals surface area contributed by atoms with Crippen molar-refractivity contribution in [1.29, 1.82) is 0 Å². The van der Waals surface area contributed by atoms with Gasteiger partial charge in [0.1, 0.15) is 22.8 Å². The number of rotatable bonds is 4. The summed E-state index contributed by atoms with van der Waals surface area (Å²) in [7, 11) is 0. The van der Waals surface area contributed by atoms with Gasteiger partial charge in [0.2, 0.25) is 0 Å². The maximum absolute atomic E-state index is 14.1. The van der Waals surface area contributed by atoms with Crippen molar-refractivity contribution < 1.29 is 18.0 Å². The summed E-state index contributed by atoms with van der Waals surface area (Å²) < 4.78 is 33.6. The summed E-state index contributed by atoms with van der Waals surface area (Å²) in [5.41, 5.74) is 9.20. The lowest BCUT2D eigenvalue weighted by molar-refractivity contribution is 0.0760. The molecule has 4 aromatic rings. The Morgan fingerprint density at radius 2 is 1.73 bits per heavy atom. The van der Waals surface area contributed by atoms with E-state index < -0.39 is 5.67 Å². The van der Waals surface area contributed by atoms with Crippen molar-refractivity contribution in [3.8, 4) is 22.3 Å². The van der Waals surface area contributed by atoms with Gasteiger partial charge in [0.15, 0.2) is 0 Å². The van der Waals surface area contributed by atoms with Gasteiger partial charge in [0, 0.05) is 29.5 Å². The van der Waals surface area contributed by atoms with Gasteiger partial charge >= 0.3 is 0 Å². The Morgan fingerprint density at radius 1 is 1.03 bits per heavy atom. The largest absolute Gasteiger partial charge is 0.459 e. The standard InChI is InChI=1S/C27H24F2N2O2/c1-27(29)10-11-31(16-27)26(32)19-4-2-17(3-5-19)20-12-21-13-23(15-30)33-25(21)24(14-20)18-6-8-22(28)9-7-18/h2-9,12-14H,10-11,15-16,30H2,1H3. The molecule has 1 saturated heterocycles. The molecular formula is C27H24F2N2O2. The number of nitrogens with zero attached hydrogens (tertiary/aromatic N) is 1. The van der Waals surface area contributed by atoms with E-state index in [1.807, 2.05) is 30.3 Å². The molecule has 2 heterocycles. The lowest BCUT2D eigenvalue weighted by atomic mass is 9.96. The number of carbonyl (C=O) groups is 1. The molecule has 1 aliphatic rings. The van der Waals surface area contributed by atoms with Crippen molar-refractivity contribution in [1.82, 2.24) is 4.90 Å². The molecule has 4 nitrogen and oxygen atoms in total. The summed E-state index contributed by atoms with van der Waals surface area (Å²) in [5, 5.41) is 0.895. The van der Waals surface area contributed by atoms with E-state index in [1.165, 1.54) is 19.1 Å². The number of halogens is 2. The Balaban J connectivity index is 1.52. The first-order valence-electron chi connectivity index (χ1n) is 10.9. The molecule has 5 rings (SSSR count). The van der Waals surface area contributed by atoms with Gasteiger partial charge < -0.3 is 15.1 Å². The molecule has 1 aromatic heterocycles. The number of carbonyl (C=O) groups excluding carboxylic acids is 1. The Morgan fingerprint density at radius 3 is 2.36 bits per heavy atom. The fourth-order valence-electron chi connectivity index (χ4n) is 4.40. The predicted molar refractivity (Wildman–Crippen MR) is 125 cm³/mol. The SMILES string of the molecule is CC1(F)CCN(C(=O)c2ccc(-c3cc(-c4ccc(F)cc4)c4oc(CN)cc4c3)cc2)C1. The topological polar surface area (TPSA) is 59.5 Å². The van der Waals surface area contributed by atoms with E-state index in [4.69, 9.17) is 10.2 Å². The highest BCUT2D eigenvalue weighted by molar-refractivity contribution is 5.98. The third-order valence-corrected chi connectivity index (χ3v) is 6.20. The van der Waals surface area contributed by atoms with Gasteiger partial charge in [-0.3, -0.25) is 4.79 Å². The minimum atomic E-state index is -1.32. The second-order valence-corrected chi connectivity index (χ2v) is 8.83. The van der Waals surface area contributed by atoms with Gasteiger partial charge in [-0.15, -0.1) is 0 Å². The number of nitrogens with two attached hydrogens (primary N) is 1. The molecular weight excluding hydrogens is 422 g/mol. The molecule has 0 spiro atoms. The second-order valence-electron chi connectivity index (χ2n) is 8.83. The fraction of sp³-hybridized carbons (Fsp3) is 0.222. The first-order chi connectivity index (χ1) is 15.8. The molecule has 0 aliphatic carbocycles. The van der Waals surface area contributed by atoms with Crippen LogP contribution in [0, 0.1) is 5.82 Å². The van der Waals surface area contributed by atoms with Crippen LogP contribution in [-0.4, -0.2) is 29.6 Å². The Labute approximate surface area is 190 Å². The van der Waals surface area contributed by atoms with Crippen LogP contribution in [0.3, 0.4) is 0 Å². The van der Waals surface area contributed by atoms with Crippen molar-refractivity contribution in [3.05, 3.63) is 83.9 Å². The maximum atomic E-state index is 14.1. The number of alkyl halides is 1. The zero-order chi connectivity index (χ0) is 23.2. The van der Waals surface area contributed by atoms with Gasteiger partial charge in [-0.2, -0.15) is 0 Å². The van der Waals surface area contributed by atoms with Crippen LogP contribution in [0.25, 0.3) is 33.2 Å². The lowest BCUT2D eigenvalue weighted by Gasteiger charge is -2.17. The fourth-order valence-corrected chi connectivity index (χ4v) is 4.40. The number of amides is 1. The summed E-state index contributed by atoms with van der Waals surface area (Å²) in [6.45, 7) is 2.35. The van der Waals surface area contributed by atoms with E-state index in [1.54, 1.807) is 29.2 Å². The van der Waals surface area contributed by atoms with Crippen molar-refractivity contribution in [3.63, 3.8) is 0 Å². The zero-order valence-corrected chi connectivity index (χ0v) is 18.3. The normalized spacial score (nSPS) is 18.2. The third-order valence-electron chi connectivity index (χ3n) is 6.20. The Bertz CT molecular complexity index is 1330. The average Bonchev–Trinajstić information content (AvgIpc) is 3.41. The predicted octanol–water partition coefficient (Wildman–Crippen LogP) is 5.94. The monoisotopic (exact) mass is 446 g/mol. The van der Waals surface area contributed by atoms with Crippen molar-refractivity contribution in [2.24, 2.45) is 5.73 Å². The lowest BCUT2D eigenvalue weighted by Crippen LogP contribution is -2.31. The smallest absolute Gasteiger partial charge is 0.253 e. The van der Waals surface area contributed by atoms with Crippen LogP contribution in [0.15, 0.2) is 71.1 Å². The first kappa shape index (κ1) is 21.3. The van der Waals surface area contributed by atoms with Gasteiger partial charge in [0.25, 0.3) is 5.91 Å². The summed E-state index contributed by atoms with van der Waals surface area (Å²) in [4.78, 5) is 14.3. The molecule has 1 atom stereocenters. The minimum Gasteiger partial charge on any atom is -0.459 e.